The molecule has 0 aliphatic carbocycles. The Morgan fingerprint density at radius 2 is 1.97 bits per heavy atom. The van der Waals surface area contributed by atoms with Gasteiger partial charge in [-0.05, 0) is 45.4 Å². The molecule has 3 aromatic heterocycles. The van der Waals surface area contributed by atoms with Gasteiger partial charge in [0.2, 0.25) is 5.95 Å². The second-order valence-corrected chi connectivity index (χ2v) is 10.7. The van der Waals surface area contributed by atoms with Crippen LogP contribution in [0, 0.1) is 0 Å². The average Bonchev–Trinajstić information content (AvgIpc) is 3.64. The summed E-state index contributed by atoms with van der Waals surface area (Å²) in [5.74, 6) is 1.47. The Labute approximate surface area is 221 Å². The number of nitrogens with zero attached hydrogens (tertiary/aromatic N) is 7. The molecule has 2 unspecified atom stereocenters. The van der Waals surface area contributed by atoms with Crippen LogP contribution in [0.4, 0.5) is 16.6 Å². The molecular formula is C28H30N8O2. The molecule has 1 saturated heterocycles. The molecule has 4 aromatic rings. The van der Waals surface area contributed by atoms with Crippen molar-refractivity contribution in [2.75, 3.05) is 16.8 Å². The van der Waals surface area contributed by atoms with Crippen LogP contribution in [0.15, 0.2) is 73.0 Å². The van der Waals surface area contributed by atoms with Gasteiger partial charge in [0.25, 0.3) is 0 Å². The highest BCUT2D eigenvalue weighted by Crippen LogP contribution is 2.37. The van der Waals surface area contributed by atoms with Crippen molar-refractivity contribution >= 4 is 23.5 Å². The Morgan fingerprint density at radius 1 is 1.16 bits per heavy atom. The van der Waals surface area contributed by atoms with Gasteiger partial charge in [-0.15, -0.1) is 10.2 Å². The van der Waals surface area contributed by atoms with Crippen LogP contribution in [0.3, 0.4) is 0 Å². The minimum Gasteiger partial charge on any atom is -0.443 e. The molecule has 2 aliphatic rings. The molecule has 1 aromatic carbocycles. The molecule has 5 heterocycles. The number of pyridine rings is 1. The Kier molecular flexibility index (Phi) is 5.74. The van der Waals surface area contributed by atoms with Crippen molar-refractivity contribution < 1.29 is 9.53 Å². The van der Waals surface area contributed by atoms with E-state index in [9.17, 15) is 4.79 Å². The van der Waals surface area contributed by atoms with Crippen LogP contribution in [-0.2, 0) is 4.74 Å². The second-order valence-electron chi connectivity index (χ2n) is 10.7. The number of anilines is 2. The lowest BCUT2D eigenvalue weighted by molar-refractivity contribution is 0.0330. The molecule has 194 valence electrons. The molecule has 0 spiro atoms. The minimum atomic E-state index is -0.541. The predicted molar refractivity (Wildman–Crippen MR) is 144 cm³/mol. The summed E-state index contributed by atoms with van der Waals surface area (Å²) in [5.41, 5.74) is 3.94. The van der Waals surface area contributed by atoms with Crippen LogP contribution in [-0.4, -0.2) is 53.7 Å². The standard InChI is InChI=1S/C28H30N8O2/c1-18(19-8-6-5-7-9-19)31-24-12-20(10-11-29-24)23-14-25-33-30-17-36(25)26(32-23)34-15-22-13-21(34)16-35(22)27(37)38-28(2,3)4/h5-12,14-15,17-18,21H,13,16H2,1-4H3,(H,29,31). The molecule has 2 atom stereocenters. The van der Waals surface area contributed by atoms with Crippen molar-refractivity contribution in [1.29, 1.82) is 0 Å². The van der Waals surface area contributed by atoms with Gasteiger partial charge in [0.05, 0.1) is 18.3 Å². The maximum atomic E-state index is 12.7. The highest BCUT2D eigenvalue weighted by molar-refractivity contribution is 5.74. The van der Waals surface area contributed by atoms with Crippen molar-refractivity contribution in [1.82, 2.24) is 29.5 Å². The molecule has 38 heavy (non-hydrogen) atoms. The Morgan fingerprint density at radius 3 is 2.71 bits per heavy atom. The number of ether oxygens (including phenoxy) is 1. The lowest BCUT2D eigenvalue weighted by Gasteiger charge is -2.31. The van der Waals surface area contributed by atoms with Crippen LogP contribution in [0.5, 0.6) is 0 Å². The summed E-state index contributed by atoms with van der Waals surface area (Å²) in [7, 11) is 0. The fraction of sp³-hybridized carbons (Fsp3) is 0.321. The van der Waals surface area contributed by atoms with Crippen molar-refractivity contribution in [2.24, 2.45) is 0 Å². The molecule has 6 rings (SSSR count). The third-order valence-corrected chi connectivity index (χ3v) is 6.71. The fourth-order valence-electron chi connectivity index (χ4n) is 4.91. The van der Waals surface area contributed by atoms with Gasteiger partial charge in [0.15, 0.2) is 5.65 Å². The number of likely N-dealkylation sites (tertiary alicyclic amines) is 1. The van der Waals surface area contributed by atoms with Crippen LogP contribution in [0.1, 0.15) is 45.7 Å². The number of benzene rings is 1. The van der Waals surface area contributed by atoms with E-state index in [1.54, 1.807) is 17.4 Å². The van der Waals surface area contributed by atoms with E-state index in [0.29, 0.717) is 18.1 Å². The first-order valence-electron chi connectivity index (χ1n) is 12.7. The van der Waals surface area contributed by atoms with Crippen LogP contribution >= 0.6 is 0 Å². The fourth-order valence-corrected chi connectivity index (χ4v) is 4.91. The maximum absolute atomic E-state index is 12.7. The zero-order chi connectivity index (χ0) is 26.4. The molecule has 0 saturated carbocycles. The molecule has 1 amide bonds. The number of carbonyl (C=O) groups excluding carboxylic acids is 1. The van der Waals surface area contributed by atoms with E-state index in [0.717, 1.165) is 29.2 Å². The van der Waals surface area contributed by atoms with Crippen molar-refractivity contribution in [2.45, 2.75) is 51.8 Å². The summed E-state index contributed by atoms with van der Waals surface area (Å²) in [4.78, 5) is 26.1. The molecule has 10 heteroatoms. The Balaban J connectivity index is 1.29. The maximum Gasteiger partial charge on any atom is 0.414 e. The second kappa shape index (κ2) is 9.13. The molecule has 10 nitrogen and oxygen atoms in total. The number of aromatic nitrogens is 5. The van der Waals surface area contributed by atoms with Gasteiger partial charge in [-0.2, -0.15) is 0 Å². The van der Waals surface area contributed by atoms with E-state index < -0.39 is 5.60 Å². The number of hydrogen-bond acceptors (Lipinski definition) is 8. The van der Waals surface area contributed by atoms with Crippen LogP contribution < -0.4 is 10.2 Å². The normalized spacial score (nSPS) is 17.6. The Hall–Kier alpha value is -4.47. The van der Waals surface area contributed by atoms with E-state index in [-0.39, 0.29) is 18.2 Å². The topological polar surface area (TPSA) is 101 Å². The summed E-state index contributed by atoms with van der Waals surface area (Å²) in [6.07, 6.45) is 5.85. The first-order chi connectivity index (χ1) is 18.2. The van der Waals surface area contributed by atoms with Crippen molar-refractivity contribution in [3.63, 3.8) is 0 Å². The summed E-state index contributed by atoms with van der Waals surface area (Å²) in [5, 5.41) is 11.9. The molecule has 0 radical (unpaired) electrons. The van der Waals surface area contributed by atoms with Gasteiger partial charge in [-0.25, -0.2) is 14.8 Å². The van der Waals surface area contributed by atoms with E-state index >= 15 is 0 Å². The van der Waals surface area contributed by atoms with Gasteiger partial charge in [-0.3, -0.25) is 9.30 Å². The van der Waals surface area contributed by atoms with Crippen LogP contribution in [0.25, 0.3) is 16.9 Å². The zero-order valence-corrected chi connectivity index (χ0v) is 21.9. The summed E-state index contributed by atoms with van der Waals surface area (Å²) in [6.45, 7) is 8.27. The number of rotatable bonds is 5. The molecule has 2 bridgehead atoms. The first-order valence-corrected chi connectivity index (χ1v) is 12.7. The van der Waals surface area contributed by atoms with Crippen LogP contribution in [0.2, 0.25) is 0 Å². The van der Waals surface area contributed by atoms with E-state index in [2.05, 4.69) is 44.5 Å². The monoisotopic (exact) mass is 510 g/mol. The van der Waals surface area contributed by atoms with Gasteiger partial charge in [-0.1, -0.05) is 30.3 Å². The van der Waals surface area contributed by atoms with E-state index in [1.807, 2.05) is 67.8 Å². The number of carbonyl (C=O) groups is 1. The van der Waals surface area contributed by atoms with Gasteiger partial charge in [0, 0.05) is 42.2 Å². The molecule has 2 aliphatic heterocycles. The molecule has 1 N–H and O–H groups in total. The highest BCUT2D eigenvalue weighted by atomic mass is 16.6. The third-order valence-electron chi connectivity index (χ3n) is 6.71. The van der Waals surface area contributed by atoms with Gasteiger partial charge < -0.3 is 15.0 Å². The summed E-state index contributed by atoms with van der Waals surface area (Å²) < 4.78 is 7.46. The SMILES string of the molecule is CC(Nc1cc(-c2cc3nncn3c(N3C=C4CC3CN4C(=O)OC(C)(C)C)n2)ccn1)c1ccccc1. The largest absolute Gasteiger partial charge is 0.443 e. The zero-order valence-electron chi connectivity index (χ0n) is 21.9. The number of hydrogen-bond donors (Lipinski definition) is 1. The third kappa shape index (κ3) is 4.53. The van der Waals surface area contributed by atoms with Crippen molar-refractivity contribution in [3.05, 3.63) is 78.5 Å². The molecule has 1 fully saturated rings. The summed E-state index contributed by atoms with van der Waals surface area (Å²) in [6, 6.07) is 16.3. The number of fused-ring (bicyclic) bond motifs is 3. The van der Waals surface area contributed by atoms with E-state index in [1.165, 1.54) is 5.56 Å². The number of nitrogens with one attached hydrogen (secondary N) is 1. The van der Waals surface area contributed by atoms with Crippen molar-refractivity contribution in [3.8, 4) is 11.3 Å². The quantitative estimate of drug-likeness (QED) is 0.399. The van der Waals surface area contributed by atoms with Gasteiger partial charge >= 0.3 is 6.09 Å². The smallest absolute Gasteiger partial charge is 0.414 e. The lowest BCUT2D eigenvalue weighted by Crippen LogP contribution is -2.42. The number of amides is 1. The minimum absolute atomic E-state index is 0.0623. The molecular weight excluding hydrogens is 480 g/mol. The van der Waals surface area contributed by atoms with E-state index in [4.69, 9.17) is 9.72 Å². The Bertz CT molecular complexity index is 1520. The highest BCUT2D eigenvalue weighted by Gasteiger charge is 2.42. The predicted octanol–water partition coefficient (Wildman–Crippen LogP) is 5.03. The lowest BCUT2D eigenvalue weighted by atomic mass is 10.1. The summed E-state index contributed by atoms with van der Waals surface area (Å²) >= 11 is 0. The first kappa shape index (κ1) is 23.9. The average molecular weight is 511 g/mol. The van der Waals surface area contributed by atoms with Gasteiger partial charge in [0.1, 0.15) is 17.7 Å².